The number of nitrogens with zero attached hydrogens (tertiary/aromatic N) is 3. The molecule has 1 aromatic heterocycles. The van der Waals surface area contributed by atoms with Crippen molar-refractivity contribution in [2.75, 3.05) is 32.1 Å². The highest BCUT2D eigenvalue weighted by Gasteiger charge is 2.39. The zero-order valence-corrected chi connectivity index (χ0v) is 12.7. The lowest BCUT2D eigenvalue weighted by Gasteiger charge is -2.18. The topological polar surface area (TPSA) is 65.5 Å². The zero-order chi connectivity index (χ0) is 17.2. The lowest BCUT2D eigenvalue weighted by Crippen LogP contribution is -2.43. The third-order valence-corrected chi connectivity index (χ3v) is 3.44. The normalized spacial score (nSPS) is 18.2. The minimum absolute atomic E-state index is 0.0252. The van der Waals surface area contributed by atoms with Gasteiger partial charge >= 0.3 is 6.18 Å². The molecule has 6 nitrogen and oxygen atoms in total. The second kappa shape index (κ2) is 6.43. The van der Waals surface area contributed by atoms with Crippen molar-refractivity contribution in [3.05, 3.63) is 23.9 Å². The van der Waals surface area contributed by atoms with Gasteiger partial charge in [-0.1, -0.05) is 0 Å². The van der Waals surface area contributed by atoms with Crippen LogP contribution in [0.5, 0.6) is 0 Å². The van der Waals surface area contributed by atoms with Crippen LogP contribution in [0.3, 0.4) is 0 Å². The van der Waals surface area contributed by atoms with E-state index in [0.29, 0.717) is 16.3 Å². The van der Waals surface area contributed by atoms with Crippen LogP contribution in [0, 0.1) is 0 Å². The summed E-state index contributed by atoms with van der Waals surface area (Å²) in [6.45, 7) is -1.32. The summed E-state index contributed by atoms with van der Waals surface area (Å²) < 4.78 is 37.1. The molecule has 1 N–H and O–H groups in total. The molecule has 1 atom stereocenters. The molecule has 1 fully saturated rings. The number of likely N-dealkylation sites (tertiary alicyclic amines) is 1. The summed E-state index contributed by atoms with van der Waals surface area (Å²) >= 11 is 0. The summed E-state index contributed by atoms with van der Waals surface area (Å²) in [5.74, 6) is -0.658. The summed E-state index contributed by atoms with van der Waals surface area (Å²) in [6.07, 6.45) is -2.83. The Morgan fingerprint density at radius 2 is 2.17 bits per heavy atom. The maximum atomic E-state index is 12.4. The van der Waals surface area contributed by atoms with E-state index in [0.717, 1.165) is 0 Å². The fourth-order valence-corrected chi connectivity index (χ4v) is 2.29. The third-order valence-electron chi connectivity index (χ3n) is 3.44. The Hall–Kier alpha value is -2.32. The molecule has 0 aliphatic carbocycles. The Morgan fingerprint density at radius 3 is 2.78 bits per heavy atom. The van der Waals surface area contributed by atoms with E-state index in [2.05, 4.69) is 10.3 Å². The Morgan fingerprint density at radius 1 is 1.48 bits per heavy atom. The van der Waals surface area contributed by atoms with E-state index in [1.807, 2.05) is 0 Å². The van der Waals surface area contributed by atoms with E-state index in [1.54, 1.807) is 25.1 Å². The zero-order valence-electron chi connectivity index (χ0n) is 12.7. The van der Waals surface area contributed by atoms with Crippen molar-refractivity contribution in [1.29, 1.82) is 0 Å². The first kappa shape index (κ1) is 17.0. The summed E-state index contributed by atoms with van der Waals surface area (Å²) in [6, 6.07) is 2.10. The highest BCUT2D eigenvalue weighted by Crippen LogP contribution is 2.21. The van der Waals surface area contributed by atoms with Gasteiger partial charge in [0.25, 0.3) is 5.91 Å². The molecule has 2 heterocycles. The molecule has 1 aliphatic rings. The lowest BCUT2D eigenvalue weighted by atomic mass is 10.2. The average molecular weight is 330 g/mol. The van der Waals surface area contributed by atoms with Gasteiger partial charge in [0.05, 0.1) is 0 Å². The van der Waals surface area contributed by atoms with Crippen molar-refractivity contribution in [2.45, 2.75) is 18.6 Å². The molecule has 2 amide bonds. The number of carbonyl (C=O) groups excluding carboxylic acids is 2. The predicted octanol–water partition coefficient (Wildman–Crippen LogP) is 1.04. The number of rotatable bonds is 4. The Balaban J connectivity index is 2.01. The van der Waals surface area contributed by atoms with Crippen molar-refractivity contribution in [2.24, 2.45) is 0 Å². The van der Waals surface area contributed by atoms with Crippen molar-refractivity contribution >= 4 is 17.6 Å². The van der Waals surface area contributed by atoms with Crippen molar-refractivity contribution in [3.8, 4) is 0 Å². The molecular formula is C14H17F3N4O2. The van der Waals surface area contributed by atoms with Crippen LogP contribution in [0.2, 0.25) is 0 Å². The highest BCUT2D eigenvalue weighted by atomic mass is 19.4. The van der Waals surface area contributed by atoms with Crippen LogP contribution < -0.4 is 10.2 Å². The Bertz CT molecular complexity index is 604. The fourth-order valence-electron chi connectivity index (χ4n) is 2.29. The standard InChI is InChI=1S/C14H17F3N4O2/c1-20(2)11-7-9(3-5-18-11)12(22)19-10-4-6-21(13(10)23)8-14(15,16)17/h3,5,7,10H,4,6,8H2,1-2H3,(H,19,22). The Labute approximate surface area is 131 Å². The fraction of sp³-hybridized carbons (Fsp3) is 0.500. The second-order valence-corrected chi connectivity index (χ2v) is 5.49. The lowest BCUT2D eigenvalue weighted by molar-refractivity contribution is -0.157. The van der Waals surface area contributed by atoms with Gasteiger partial charge in [-0.25, -0.2) is 4.98 Å². The van der Waals surface area contributed by atoms with Gasteiger partial charge in [0.1, 0.15) is 18.4 Å². The molecule has 0 saturated carbocycles. The highest BCUT2D eigenvalue weighted by molar-refractivity contribution is 5.98. The summed E-state index contributed by atoms with van der Waals surface area (Å²) in [5, 5.41) is 2.48. The number of halogens is 3. The maximum Gasteiger partial charge on any atom is 0.406 e. The molecule has 0 radical (unpaired) electrons. The van der Waals surface area contributed by atoms with Gasteiger partial charge in [0.15, 0.2) is 0 Å². The summed E-state index contributed by atoms with van der Waals surface area (Å²) in [7, 11) is 3.53. The number of anilines is 1. The molecule has 0 bridgehead atoms. The predicted molar refractivity (Wildman–Crippen MR) is 77.1 cm³/mol. The number of pyridine rings is 1. The Kier molecular flexibility index (Phi) is 4.76. The van der Waals surface area contributed by atoms with E-state index in [-0.39, 0.29) is 13.0 Å². The van der Waals surface area contributed by atoms with Gasteiger partial charge in [-0.15, -0.1) is 0 Å². The van der Waals surface area contributed by atoms with E-state index in [4.69, 9.17) is 0 Å². The minimum Gasteiger partial charge on any atom is -0.363 e. The number of hydrogen-bond acceptors (Lipinski definition) is 4. The third kappa shape index (κ3) is 4.33. The van der Waals surface area contributed by atoms with Gasteiger partial charge in [-0.3, -0.25) is 9.59 Å². The molecule has 126 valence electrons. The van der Waals surface area contributed by atoms with Gasteiger partial charge in [-0.05, 0) is 18.6 Å². The summed E-state index contributed by atoms with van der Waals surface area (Å²) in [4.78, 5) is 30.6. The van der Waals surface area contributed by atoms with E-state index in [9.17, 15) is 22.8 Å². The molecule has 2 rings (SSSR count). The molecule has 9 heteroatoms. The monoisotopic (exact) mass is 330 g/mol. The number of amides is 2. The molecular weight excluding hydrogens is 313 g/mol. The largest absolute Gasteiger partial charge is 0.406 e. The van der Waals surface area contributed by atoms with Crippen LogP contribution in [0.25, 0.3) is 0 Å². The molecule has 1 aromatic rings. The van der Waals surface area contributed by atoms with E-state index < -0.39 is 30.6 Å². The quantitative estimate of drug-likeness (QED) is 0.896. The van der Waals surface area contributed by atoms with Crippen molar-refractivity contribution in [3.63, 3.8) is 0 Å². The van der Waals surface area contributed by atoms with Crippen LogP contribution in [0.1, 0.15) is 16.8 Å². The van der Waals surface area contributed by atoms with Crippen molar-refractivity contribution in [1.82, 2.24) is 15.2 Å². The van der Waals surface area contributed by atoms with Gasteiger partial charge in [0.2, 0.25) is 5.91 Å². The van der Waals surface area contributed by atoms with Crippen LogP contribution in [-0.2, 0) is 4.79 Å². The molecule has 1 saturated heterocycles. The molecule has 1 aliphatic heterocycles. The molecule has 0 spiro atoms. The molecule has 1 unspecified atom stereocenters. The smallest absolute Gasteiger partial charge is 0.363 e. The first-order valence-corrected chi connectivity index (χ1v) is 6.97. The van der Waals surface area contributed by atoms with Gasteiger partial charge < -0.3 is 15.1 Å². The van der Waals surface area contributed by atoms with Gasteiger partial charge in [0, 0.05) is 32.4 Å². The van der Waals surface area contributed by atoms with Crippen LogP contribution in [0.15, 0.2) is 18.3 Å². The molecule has 23 heavy (non-hydrogen) atoms. The first-order valence-electron chi connectivity index (χ1n) is 6.97. The second-order valence-electron chi connectivity index (χ2n) is 5.49. The number of nitrogens with one attached hydrogen (secondary N) is 1. The number of carbonyl (C=O) groups is 2. The molecule has 0 aromatic carbocycles. The number of aromatic nitrogens is 1. The SMILES string of the molecule is CN(C)c1cc(C(=O)NC2CCN(CC(F)(F)F)C2=O)ccn1. The maximum absolute atomic E-state index is 12.4. The number of hydrogen-bond donors (Lipinski definition) is 1. The summed E-state index contributed by atoms with van der Waals surface area (Å²) in [5.41, 5.74) is 0.297. The van der Waals surface area contributed by atoms with Gasteiger partial charge in [-0.2, -0.15) is 13.2 Å². The van der Waals surface area contributed by atoms with Crippen LogP contribution in [-0.4, -0.2) is 61.1 Å². The number of alkyl halides is 3. The minimum atomic E-state index is -4.44. The van der Waals surface area contributed by atoms with E-state index in [1.165, 1.54) is 12.3 Å². The van der Waals surface area contributed by atoms with Crippen LogP contribution >= 0.6 is 0 Å². The van der Waals surface area contributed by atoms with E-state index >= 15 is 0 Å². The van der Waals surface area contributed by atoms with Crippen LogP contribution in [0.4, 0.5) is 19.0 Å². The first-order chi connectivity index (χ1) is 10.7. The average Bonchev–Trinajstić information content (AvgIpc) is 2.78. The van der Waals surface area contributed by atoms with Crippen molar-refractivity contribution < 1.29 is 22.8 Å².